The van der Waals surface area contributed by atoms with Crippen LogP contribution in [0.15, 0.2) is 60.4 Å². The van der Waals surface area contributed by atoms with Crippen LogP contribution in [0.2, 0.25) is 0 Å². The molecule has 1 saturated carbocycles. The van der Waals surface area contributed by atoms with Crippen LogP contribution in [0.5, 0.6) is 5.75 Å². The summed E-state index contributed by atoms with van der Waals surface area (Å²) in [7, 11) is 1.53. The molecule has 1 aliphatic heterocycles. The second-order valence-corrected chi connectivity index (χ2v) is 8.92. The lowest BCUT2D eigenvalue weighted by Gasteiger charge is -2.47. The van der Waals surface area contributed by atoms with Gasteiger partial charge in [-0.15, -0.1) is 6.58 Å². The first kappa shape index (κ1) is 23.8. The van der Waals surface area contributed by atoms with E-state index in [0.29, 0.717) is 22.6 Å². The van der Waals surface area contributed by atoms with E-state index in [-0.39, 0.29) is 32.2 Å². The van der Waals surface area contributed by atoms with E-state index in [9.17, 15) is 19.5 Å². The van der Waals surface area contributed by atoms with Gasteiger partial charge in [-0.05, 0) is 43.2 Å². The smallest absolute Gasteiger partial charge is 0.324 e. The van der Waals surface area contributed by atoms with Gasteiger partial charge in [0, 0.05) is 16.9 Å². The third-order valence-electron chi connectivity index (χ3n) is 7.61. The molecule has 1 spiro atoms. The molecule has 0 saturated heterocycles. The number of aliphatic carboxylic acids is 1. The molecule has 0 radical (unpaired) electrons. The van der Waals surface area contributed by atoms with Crippen LogP contribution in [0.3, 0.4) is 0 Å². The minimum Gasteiger partial charge on any atom is -0.497 e. The molecule has 1 fully saturated rings. The maximum absolute atomic E-state index is 13.8. The lowest BCUT2D eigenvalue weighted by atomic mass is 9.55. The largest absolute Gasteiger partial charge is 0.497 e. The first-order valence-electron chi connectivity index (χ1n) is 11.1. The van der Waals surface area contributed by atoms with Crippen molar-refractivity contribution in [1.29, 1.82) is 0 Å². The third kappa shape index (κ3) is 2.98. The van der Waals surface area contributed by atoms with Crippen LogP contribution in [0.25, 0.3) is 0 Å². The number of methoxy groups -OCH3 is 1. The van der Waals surface area contributed by atoms with E-state index in [1.165, 1.54) is 13.2 Å². The highest BCUT2D eigenvalue weighted by atomic mass is 16.7. The lowest BCUT2D eigenvalue weighted by molar-refractivity contribution is -0.170. The minimum absolute atomic E-state index is 0.00494. The number of benzene rings is 1. The number of allylic oxidation sites excluding steroid dienone is 3. The van der Waals surface area contributed by atoms with Gasteiger partial charge in [-0.1, -0.05) is 25.1 Å². The zero-order chi connectivity index (χ0) is 24.7. The van der Waals surface area contributed by atoms with Gasteiger partial charge in [0.1, 0.15) is 11.5 Å². The average Bonchev–Trinajstić information content (AvgIpc) is 3.10. The highest BCUT2D eigenvalue weighted by Crippen LogP contribution is 2.72. The number of esters is 1. The number of carboxylic acids is 1. The second kappa shape index (κ2) is 8.43. The Morgan fingerprint density at radius 1 is 1.26 bits per heavy atom. The molecule has 4 atom stereocenters. The van der Waals surface area contributed by atoms with Crippen LogP contribution in [0, 0.1) is 16.2 Å². The number of ketones is 1. The van der Waals surface area contributed by atoms with Crippen LogP contribution in [-0.4, -0.2) is 49.9 Å². The first-order valence-corrected chi connectivity index (χ1v) is 11.1. The van der Waals surface area contributed by atoms with E-state index < -0.39 is 34.1 Å². The van der Waals surface area contributed by atoms with Crippen LogP contribution in [0.1, 0.15) is 31.7 Å². The fourth-order valence-corrected chi connectivity index (χ4v) is 6.04. The molecule has 3 aliphatic rings. The second-order valence-electron chi connectivity index (χ2n) is 8.92. The summed E-state index contributed by atoms with van der Waals surface area (Å²) in [5.74, 6) is -2.53. The Morgan fingerprint density at radius 2 is 1.97 bits per heavy atom. The van der Waals surface area contributed by atoms with E-state index in [4.69, 9.17) is 18.9 Å². The summed E-state index contributed by atoms with van der Waals surface area (Å²) >= 11 is 0. The normalized spacial score (nSPS) is 32.2. The van der Waals surface area contributed by atoms with Crippen molar-refractivity contribution in [3.8, 4) is 5.75 Å². The predicted octanol–water partition coefficient (Wildman–Crippen LogP) is 3.39. The van der Waals surface area contributed by atoms with Crippen LogP contribution in [0.4, 0.5) is 0 Å². The molecule has 0 amide bonds. The molecule has 180 valence electrons. The summed E-state index contributed by atoms with van der Waals surface area (Å²) in [5.41, 5.74) is -3.64. The third-order valence-corrected chi connectivity index (χ3v) is 7.61. The highest BCUT2D eigenvalue weighted by molar-refractivity contribution is 6.07. The Hall–Kier alpha value is -3.39. The van der Waals surface area contributed by atoms with Gasteiger partial charge in [-0.25, -0.2) is 0 Å². The zero-order valence-electron chi connectivity index (χ0n) is 19.5. The van der Waals surface area contributed by atoms with Gasteiger partial charge in [0.25, 0.3) is 0 Å². The monoisotopic (exact) mass is 468 g/mol. The Balaban J connectivity index is 2.07. The number of fused-ring (bicyclic) bond motifs is 1. The van der Waals surface area contributed by atoms with Gasteiger partial charge in [0.2, 0.25) is 0 Å². The molecule has 2 aliphatic carbocycles. The topological polar surface area (TPSA) is 108 Å². The molecule has 4 unspecified atom stereocenters. The summed E-state index contributed by atoms with van der Waals surface area (Å²) in [4.78, 5) is 40.4. The number of hydrogen-bond acceptors (Lipinski definition) is 7. The summed E-state index contributed by atoms with van der Waals surface area (Å²) in [6.45, 7) is 7.50. The molecular weight excluding hydrogens is 440 g/mol. The van der Waals surface area contributed by atoms with Gasteiger partial charge in [-0.3, -0.25) is 14.4 Å². The highest BCUT2D eigenvalue weighted by Gasteiger charge is 2.76. The van der Waals surface area contributed by atoms with Crippen LogP contribution in [-0.2, 0) is 28.6 Å². The number of hydrogen-bond donors (Lipinski definition) is 1. The molecule has 1 aromatic rings. The minimum atomic E-state index is -2.07. The summed E-state index contributed by atoms with van der Waals surface area (Å²) < 4.78 is 21.8. The van der Waals surface area contributed by atoms with Gasteiger partial charge in [-0.2, -0.15) is 0 Å². The number of carbonyl (C=O) groups excluding carboxylic acids is 2. The molecular formula is C26H28O8. The van der Waals surface area contributed by atoms with Crippen molar-refractivity contribution >= 4 is 17.7 Å². The standard InChI is InChI=1S/C26H28O8/c1-5-24(3)21(16-7-9-17(31-4)10-8-16)25(22(28)29,23(30)33-6-2)14-26(24)18-13-32-15-34-19(18)11-12-20(26)27/h5,7-12,21H,1,6,13-15H2,2-4H3,(H,28,29). The van der Waals surface area contributed by atoms with Gasteiger partial charge < -0.3 is 24.1 Å². The lowest BCUT2D eigenvalue weighted by Crippen LogP contribution is -2.47. The molecule has 0 aromatic heterocycles. The summed E-state index contributed by atoms with van der Waals surface area (Å²) in [6, 6.07) is 6.82. The van der Waals surface area contributed by atoms with Crippen molar-refractivity contribution in [2.75, 3.05) is 27.1 Å². The van der Waals surface area contributed by atoms with E-state index in [1.807, 2.05) is 0 Å². The molecule has 1 N–H and O–H groups in total. The van der Waals surface area contributed by atoms with Crippen molar-refractivity contribution in [3.63, 3.8) is 0 Å². The maximum atomic E-state index is 13.8. The van der Waals surface area contributed by atoms with Crippen LogP contribution < -0.4 is 4.74 Å². The molecule has 1 heterocycles. The predicted molar refractivity (Wildman–Crippen MR) is 121 cm³/mol. The van der Waals surface area contributed by atoms with E-state index >= 15 is 0 Å². The van der Waals surface area contributed by atoms with Crippen molar-refractivity contribution in [3.05, 3.63) is 66.0 Å². The fourth-order valence-electron chi connectivity index (χ4n) is 6.04. The average molecular weight is 469 g/mol. The van der Waals surface area contributed by atoms with Gasteiger partial charge >= 0.3 is 11.9 Å². The van der Waals surface area contributed by atoms with Crippen LogP contribution >= 0.6 is 0 Å². The Morgan fingerprint density at radius 3 is 2.56 bits per heavy atom. The van der Waals surface area contributed by atoms with Gasteiger partial charge in [0.15, 0.2) is 18.0 Å². The SMILES string of the molecule is C=CC1(C)C(c2ccc(OC)cc2)C(C(=O)O)(C(=O)OCC)CC12C(=O)C=CC1=C2COCO1. The molecule has 0 bridgehead atoms. The van der Waals surface area contributed by atoms with E-state index in [0.717, 1.165) is 0 Å². The molecule has 4 rings (SSSR count). The fraction of sp³-hybridized carbons (Fsp3) is 0.423. The molecule has 8 heteroatoms. The van der Waals surface area contributed by atoms with Crippen molar-refractivity contribution in [2.24, 2.45) is 16.2 Å². The van der Waals surface area contributed by atoms with Crippen molar-refractivity contribution in [2.45, 2.75) is 26.2 Å². The quantitative estimate of drug-likeness (QED) is 0.385. The Kier molecular flexibility index (Phi) is 5.89. The number of ether oxygens (including phenoxy) is 4. The molecule has 8 nitrogen and oxygen atoms in total. The summed E-state index contributed by atoms with van der Waals surface area (Å²) in [5, 5.41) is 10.6. The van der Waals surface area contributed by atoms with Crippen molar-refractivity contribution < 1.29 is 38.4 Å². The Labute approximate surface area is 197 Å². The molecule has 1 aromatic carbocycles. The zero-order valence-corrected chi connectivity index (χ0v) is 19.5. The van der Waals surface area contributed by atoms with E-state index in [1.54, 1.807) is 50.3 Å². The number of carboxylic acid groups (broad SMARTS) is 1. The number of carbonyl (C=O) groups is 3. The first-order chi connectivity index (χ1) is 16.2. The van der Waals surface area contributed by atoms with E-state index in [2.05, 4.69) is 6.58 Å². The van der Waals surface area contributed by atoms with Crippen molar-refractivity contribution in [1.82, 2.24) is 0 Å². The molecule has 34 heavy (non-hydrogen) atoms. The Bertz CT molecular complexity index is 1100. The van der Waals surface area contributed by atoms with Gasteiger partial charge in [0.05, 0.1) is 25.7 Å². The number of rotatable bonds is 6. The summed E-state index contributed by atoms with van der Waals surface area (Å²) in [6.07, 6.45) is 4.23. The maximum Gasteiger partial charge on any atom is 0.324 e.